The predicted octanol–water partition coefficient (Wildman–Crippen LogP) is 1.30. The molecular formula is C15H19ClN2O3. The highest BCUT2D eigenvalue weighted by Gasteiger charge is 2.27. The lowest BCUT2D eigenvalue weighted by Crippen LogP contribution is -2.43. The topological polar surface area (TPSA) is 69.6 Å². The first-order valence-electron chi connectivity index (χ1n) is 7.05. The number of aliphatic hydroxyl groups is 1. The third-order valence-corrected chi connectivity index (χ3v) is 3.87. The standard InChI is InChI=1S/C15H19ClN2O3/c16-13-3-1-2-12(10-13)15(21)18-7-4-11(5-8-18)14(20)17-6-9-19/h1-3,10-11,19H,4-9H2,(H,17,20). The monoisotopic (exact) mass is 310 g/mol. The molecule has 0 aromatic heterocycles. The minimum absolute atomic E-state index is 0.0427. The van der Waals surface area contributed by atoms with E-state index in [0.29, 0.717) is 36.5 Å². The van der Waals surface area contributed by atoms with Crippen LogP contribution in [0.25, 0.3) is 0 Å². The molecule has 114 valence electrons. The number of likely N-dealkylation sites (tertiary alicyclic amines) is 1. The Morgan fingerprint density at radius 2 is 2.05 bits per heavy atom. The van der Waals surface area contributed by atoms with Crippen LogP contribution in [0.15, 0.2) is 24.3 Å². The van der Waals surface area contributed by atoms with Gasteiger partial charge in [-0.1, -0.05) is 17.7 Å². The van der Waals surface area contributed by atoms with Gasteiger partial charge in [0.2, 0.25) is 5.91 Å². The van der Waals surface area contributed by atoms with Crippen molar-refractivity contribution in [2.75, 3.05) is 26.2 Å². The van der Waals surface area contributed by atoms with Crippen molar-refractivity contribution in [1.82, 2.24) is 10.2 Å². The van der Waals surface area contributed by atoms with Crippen LogP contribution in [0.2, 0.25) is 5.02 Å². The molecule has 0 bridgehead atoms. The number of carbonyl (C=O) groups excluding carboxylic acids is 2. The highest BCUT2D eigenvalue weighted by molar-refractivity contribution is 6.30. The van der Waals surface area contributed by atoms with Crippen LogP contribution < -0.4 is 5.32 Å². The number of piperidine rings is 1. The summed E-state index contributed by atoms with van der Waals surface area (Å²) in [5.41, 5.74) is 0.575. The van der Waals surface area contributed by atoms with Crippen LogP contribution in [0.1, 0.15) is 23.2 Å². The van der Waals surface area contributed by atoms with Crippen molar-refractivity contribution in [1.29, 1.82) is 0 Å². The fraction of sp³-hybridized carbons (Fsp3) is 0.467. The third kappa shape index (κ3) is 4.19. The van der Waals surface area contributed by atoms with E-state index in [9.17, 15) is 9.59 Å². The Hall–Kier alpha value is -1.59. The SMILES string of the molecule is O=C(NCCO)C1CCN(C(=O)c2cccc(Cl)c2)CC1. The second-order valence-corrected chi connectivity index (χ2v) is 5.53. The van der Waals surface area contributed by atoms with Gasteiger partial charge < -0.3 is 15.3 Å². The van der Waals surface area contributed by atoms with Crippen molar-refractivity contribution >= 4 is 23.4 Å². The van der Waals surface area contributed by atoms with Gasteiger partial charge in [-0.25, -0.2) is 0 Å². The molecule has 0 radical (unpaired) electrons. The Kier molecular flexibility index (Phi) is 5.59. The summed E-state index contributed by atoms with van der Waals surface area (Å²) < 4.78 is 0. The Labute approximate surface area is 128 Å². The van der Waals surface area contributed by atoms with Crippen molar-refractivity contribution in [2.45, 2.75) is 12.8 Å². The maximum absolute atomic E-state index is 12.3. The van der Waals surface area contributed by atoms with Crippen molar-refractivity contribution in [3.8, 4) is 0 Å². The lowest BCUT2D eigenvalue weighted by atomic mass is 9.95. The number of benzene rings is 1. The average molecular weight is 311 g/mol. The maximum atomic E-state index is 12.3. The number of aliphatic hydroxyl groups excluding tert-OH is 1. The maximum Gasteiger partial charge on any atom is 0.253 e. The van der Waals surface area contributed by atoms with E-state index in [4.69, 9.17) is 16.7 Å². The molecule has 1 aliphatic rings. The fourth-order valence-corrected chi connectivity index (χ4v) is 2.66. The molecule has 0 atom stereocenters. The highest BCUT2D eigenvalue weighted by atomic mass is 35.5. The minimum atomic E-state index is -0.0834. The summed E-state index contributed by atoms with van der Waals surface area (Å²) in [4.78, 5) is 25.9. The van der Waals surface area contributed by atoms with Gasteiger partial charge in [-0.2, -0.15) is 0 Å². The lowest BCUT2D eigenvalue weighted by Gasteiger charge is -2.31. The smallest absolute Gasteiger partial charge is 0.253 e. The van der Waals surface area contributed by atoms with Crippen molar-refractivity contribution in [3.63, 3.8) is 0 Å². The molecule has 0 saturated carbocycles. The van der Waals surface area contributed by atoms with Gasteiger partial charge in [0.05, 0.1) is 6.61 Å². The summed E-state index contributed by atoms with van der Waals surface area (Å²) in [5, 5.41) is 11.9. The van der Waals surface area contributed by atoms with Gasteiger partial charge in [-0.15, -0.1) is 0 Å². The Morgan fingerprint density at radius 1 is 1.33 bits per heavy atom. The van der Waals surface area contributed by atoms with E-state index in [0.717, 1.165) is 0 Å². The fourth-order valence-electron chi connectivity index (χ4n) is 2.47. The van der Waals surface area contributed by atoms with E-state index in [-0.39, 0.29) is 30.9 Å². The molecule has 1 saturated heterocycles. The Balaban J connectivity index is 1.89. The molecule has 0 unspecified atom stereocenters. The Morgan fingerprint density at radius 3 is 2.67 bits per heavy atom. The second-order valence-electron chi connectivity index (χ2n) is 5.09. The molecule has 0 spiro atoms. The number of hydrogen-bond donors (Lipinski definition) is 2. The van der Waals surface area contributed by atoms with Crippen LogP contribution in [-0.4, -0.2) is 48.1 Å². The van der Waals surface area contributed by atoms with Gasteiger partial charge in [0.15, 0.2) is 0 Å². The van der Waals surface area contributed by atoms with Crippen LogP contribution >= 0.6 is 11.6 Å². The predicted molar refractivity (Wildman–Crippen MR) is 80.2 cm³/mol. The van der Waals surface area contributed by atoms with Gasteiger partial charge in [-0.3, -0.25) is 9.59 Å². The van der Waals surface area contributed by atoms with Crippen LogP contribution in [0.4, 0.5) is 0 Å². The van der Waals surface area contributed by atoms with E-state index in [1.807, 2.05) is 0 Å². The molecular weight excluding hydrogens is 292 g/mol. The Bertz CT molecular complexity index is 513. The number of halogens is 1. The van der Waals surface area contributed by atoms with Gasteiger partial charge in [0.1, 0.15) is 0 Å². The zero-order valence-corrected chi connectivity index (χ0v) is 12.5. The van der Waals surface area contributed by atoms with Crippen molar-refractivity contribution in [2.24, 2.45) is 5.92 Å². The minimum Gasteiger partial charge on any atom is -0.395 e. The molecule has 1 aromatic rings. The summed E-state index contributed by atoms with van der Waals surface area (Å²) in [6, 6.07) is 6.89. The number of nitrogens with one attached hydrogen (secondary N) is 1. The molecule has 0 aliphatic carbocycles. The first-order valence-corrected chi connectivity index (χ1v) is 7.43. The molecule has 2 rings (SSSR count). The van der Waals surface area contributed by atoms with E-state index in [2.05, 4.69) is 5.32 Å². The summed E-state index contributed by atoms with van der Waals surface area (Å²) in [7, 11) is 0. The van der Waals surface area contributed by atoms with Gasteiger partial charge in [0, 0.05) is 36.1 Å². The quantitative estimate of drug-likeness (QED) is 0.881. The molecule has 6 heteroatoms. The van der Waals surface area contributed by atoms with Gasteiger partial charge in [-0.05, 0) is 31.0 Å². The van der Waals surface area contributed by atoms with E-state index < -0.39 is 0 Å². The number of nitrogens with zero attached hydrogens (tertiary/aromatic N) is 1. The number of carbonyl (C=O) groups is 2. The summed E-state index contributed by atoms with van der Waals surface area (Å²) in [6.45, 7) is 1.34. The molecule has 1 aliphatic heterocycles. The summed E-state index contributed by atoms with van der Waals surface area (Å²) in [6.07, 6.45) is 1.28. The number of hydrogen-bond acceptors (Lipinski definition) is 3. The number of rotatable bonds is 4. The molecule has 1 fully saturated rings. The first-order chi connectivity index (χ1) is 10.1. The average Bonchev–Trinajstić information content (AvgIpc) is 2.52. The van der Waals surface area contributed by atoms with E-state index >= 15 is 0 Å². The van der Waals surface area contributed by atoms with E-state index in [1.54, 1.807) is 29.2 Å². The van der Waals surface area contributed by atoms with E-state index in [1.165, 1.54) is 0 Å². The zero-order valence-electron chi connectivity index (χ0n) is 11.7. The lowest BCUT2D eigenvalue weighted by molar-refractivity contribution is -0.126. The molecule has 21 heavy (non-hydrogen) atoms. The molecule has 2 amide bonds. The van der Waals surface area contributed by atoms with Gasteiger partial charge >= 0.3 is 0 Å². The summed E-state index contributed by atoms with van der Waals surface area (Å²) >= 11 is 5.90. The molecule has 2 N–H and O–H groups in total. The molecule has 1 heterocycles. The largest absolute Gasteiger partial charge is 0.395 e. The summed E-state index contributed by atoms with van der Waals surface area (Å²) in [5.74, 6) is -0.175. The van der Waals surface area contributed by atoms with Crippen molar-refractivity contribution in [3.05, 3.63) is 34.9 Å². The zero-order chi connectivity index (χ0) is 15.2. The number of amides is 2. The van der Waals surface area contributed by atoms with Crippen LogP contribution in [0.5, 0.6) is 0 Å². The molecule has 1 aromatic carbocycles. The van der Waals surface area contributed by atoms with Crippen LogP contribution in [0.3, 0.4) is 0 Å². The van der Waals surface area contributed by atoms with Crippen molar-refractivity contribution < 1.29 is 14.7 Å². The normalized spacial score (nSPS) is 15.8. The van der Waals surface area contributed by atoms with Crippen LogP contribution in [0, 0.1) is 5.92 Å². The second kappa shape index (κ2) is 7.43. The molecule has 5 nitrogen and oxygen atoms in total. The highest BCUT2D eigenvalue weighted by Crippen LogP contribution is 2.20. The van der Waals surface area contributed by atoms with Gasteiger partial charge in [0.25, 0.3) is 5.91 Å². The first kappa shape index (κ1) is 15.8. The van der Waals surface area contributed by atoms with Crippen LogP contribution in [-0.2, 0) is 4.79 Å². The third-order valence-electron chi connectivity index (χ3n) is 3.64.